The highest BCUT2D eigenvalue weighted by molar-refractivity contribution is 5.60. The van der Waals surface area contributed by atoms with Gasteiger partial charge in [-0.05, 0) is 25.0 Å². The highest BCUT2D eigenvalue weighted by atomic mass is 16.5. The van der Waals surface area contributed by atoms with Crippen molar-refractivity contribution < 1.29 is 4.52 Å². The van der Waals surface area contributed by atoms with Gasteiger partial charge in [0, 0.05) is 37.6 Å². The quantitative estimate of drug-likeness (QED) is 0.516. The number of hydrogen-bond acceptors (Lipinski definition) is 8. The summed E-state index contributed by atoms with van der Waals surface area (Å²) in [7, 11) is 1.94. The molecule has 0 amide bonds. The van der Waals surface area contributed by atoms with Gasteiger partial charge >= 0.3 is 0 Å². The minimum absolute atomic E-state index is 0.0458. The van der Waals surface area contributed by atoms with Gasteiger partial charge in [0.15, 0.2) is 11.6 Å². The molecule has 0 N–H and O–H groups in total. The fraction of sp³-hybridized carbons (Fsp3) is 0.238. The molecule has 1 fully saturated rings. The molecule has 0 aliphatic carbocycles. The summed E-state index contributed by atoms with van der Waals surface area (Å²) in [4.78, 5) is 10.3. The molecule has 30 heavy (non-hydrogen) atoms. The summed E-state index contributed by atoms with van der Waals surface area (Å²) in [6.45, 7) is 0.855. The number of benzene rings is 1. The van der Waals surface area contributed by atoms with E-state index in [4.69, 9.17) is 9.78 Å². The van der Waals surface area contributed by atoms with Crippen LogP contribution in [0.4, 0.5) is 5.95 Å². The summed E-state index contributed by atoms with van der Waals surface area (Å²) in [6.07, 6.45) is 6.91. The first-order valence-corrected chi connectivity index (χ1v) is 9.63. The Morgan fingerprint density at radius 1 is 1.13 bits per heavy atom. The van der Waals surface area contributed by atoms with E-state index >= 15 is 0 Å². The summed E-state index contributed by atoms with van der Waals surface area (Å²) in [5, 5.41) is 22.2. The monoisotopic (exact) mass is 398 g/mol. The van der Waals surface area contributed by atoms with Crippen LogP contribution in [0.15, 0.2) is 53.6 Å². The molecule has 9 heteroatoms. The fourth-order valence-corrected chi connectivity index (χ4v) is 3.87. The molecule has 3 aromatic heterocycles. The van der Waals surface area contributed by atoms with Crippen LogP contribution in [0.25, 0.3) is 22.7 Å². The van der Waals surface area contributed by atoms with E-state index in [1.165, 1.54) is 6.33 Å². The van der Waals surface area contributed by atoms with Crippen LogP contribution in [-0.2, 0) is 7.05 Å². The van der Waals surface area contributed by atoms with Gasteiger partial charge in [-0.1, -0.05) is 17.3 Å². The molecule has 0 spiro atoms. The standard InChI is InChI=1S/C21H18N8O/c1-28-20(16-11-23-13-24-12-16)25-26-21(28)29-7-3-6-18(29)17-9-19(30-27-17)15-5-2-4-14(8-15)10-22/h2,4-5,8-9,11-13,18H,3,6-7H2,1H3. The van der Waals surface area contributed by atoms with Crippen LogP contribution in [0.2, 0.25) is 0 Å². The molecule has 1 atom stereocenters. The van der Waals surface area contributed by atoms with Crippen LogP contribution in [-0.4, -0.2) is 36.4 Å². The molecule has 1 aliphatic heterocycles. The van der Waals surface area contributed by atoms with Crippen molar-refractivity contribution in [3.63, 3.8) is 0 Å². The van der Waals surface area contributed by atoms with E-state index in [-0.39, 0.29) is 6.04 Å². The maximum absolute atomic E-state index is 9.13. The molecule has 0 saturated carbocycles. The average Bonchev–Trinajstić information content (AvgIpc) is 3.53. The van der Waals surface area contributed by atoms with Crippen LogP contribution in [0.3, 0.4) is 0 Å². The third-order valence-electron chi connectivity index (χ3n) is 5.33. The first-order valence-electron chi connectivity index (χ1n) is 9.63. The molecule has 4 heterocycles. The minimum atomic E-state index is 0.0458. The van der Waals surface area contributed by atoms with E-state index in [1.807, 2.05) is 29.8 Å². The lowest BCUT2D eigenvalue weighted by Gasteiger charge is -2.23. The van der Waals surface area contributed by atoms with Crippen LogP contribution in [0.1, 0.15) is 30.1 Å². The van der Waals surface area contributed by atoms with E-state index in [2.05, 4.69) is 36.3 Å². The summed E-state index contributed by atoms with van der Waals surface area (Å²) < 4.78 is 7.56. The summed E-state index contributed by atoms with van der Waals surface area (Å²) in [6, 6.07) is 11.5. The molecule has 1 aliphatic rings. The molecular weight excluding hydrogens is 380 g/mol. The molecule has 0 bridgehead atoms. The lowest BCUT2D eigenvalue weighted by atomic mass is 10.1. The van der Waals surface area contributed by atoms with Crippen molar-refractivity contribution >= 4 is 5.95 Å². The van der Waals surface area contributed by atoms with E-state index in [9.17, 15) is 0 Å². The second-order valence-electron chi connectivity index (χ2n) is 7.17. The molecule has 4 aromatic rings. The zero-order valence-electron chi connectivity index (χ0n) is 16.3. The van der Waals surface area contributed by atoms with Gasteiger partial charge in [-0.15, -0.1) is 10.2 Å². The molecular formula is C21H18N8O. The largest absolute Gasteiger partial charge is 0.356 e. The normalized spacial score (nSPS) is 16.0. The van der Waals surface area contributed by atoms with Crippen LogP contribution >= 0.6 is 0 Å². The first kappa shape index (κ1) is 18.0. The third kappa shape index (κ3) is 3.08. The van der Waals surface area contributed by atoms with Gasteiger partial charge in [0.1, 0.15) is 12.0 Å². The Morgan fingerprint density at radius 3 is 2.83 bits per heavy atom. The zero-order valence-corrected chi connectivity index (χ0v) is 16.3. The number of rotatable bonds is 4. The Balaban J connectivity index is 1.45. The predicted octanol–water partition coefficient (Wildman–Crippen LogP) is 3.14. The Hall–Kier alpha value is -4.06. The van der Waals surface area contributed by atoms with E-state index < -0.39 is 0 Å². The fourth-order valence-electron chi connectivity index (χ4n) is 3.87. The average molecular weight is 398 g/mol. The van der Waals surface area contributed by atoms with Gasteiger partial charge in [0.05, 0.1) is 23.2 Å². The number of nitrogens with zero attached hydrogens (tertiary/aromatic N) is 8. The van der Waals surface area contributed by atoms with Crippen LogP contribution in [0, 0.1) is 11.3 Å². The second-order valence-corrected chi connectivity index (χ2v) is 7.17. The summed E-state index contributed by atoms with van der Waals surface area (Å²) in [5.41, 5.74) is 3.08. The SMILES string of the molecule is Cn1c(-c2cncnc2)nnc1N1CCCC1c1cc(-c2cccc(C#N)c2)on1. The van der Waals surface area contributed by atoms with Crippen molar-refractivity contribution in [2.24, 2.45) is 7.05 Å². The topological polar surface area (TPSA) is 110 Å². The Morgan fingerprint density at radius 2 is 2.00 bits per heavy atom. The van der Waals surface area contributed by atoms with Gasteiger partial charge in [-0.3, -0.25) is 4.57 Å². The molecule has 9 nitrogen and oxygen atoms in total. The molecule has 1 saturated heterocycles. The third-order valence-corrected chi connectivity index (χ3v) is 5.33. The van der Waals surface area contributed by atoms with Crippen molar-refractivity contribution in [2.45, 2.75) is 18.9 Å². The number of aromatic nitrogens is 6. The molecule has 1 aromatic carbocycles. The molecule has 1 unspecified atom stereocenters. The van der Waals surface area contributed by atoms with E-state index in [1.54, 1.807) is 24.5 Å². The molecule has 148 valence electrons. The Bertz CT molecular complexity index is 1220. The van der Waals surface area contributed by atoms with Gasteiger partial charge in [-0.25, -0.2) is 9.97 Å². The number of nitriles is 1. The number of anilines is 1. The maximum Gasteiger partial charge on any atom is 0.227 e. The van der Waals surface area contributed by atoms with Crippen molar-refractivity contribution in [3.05, 3.63) is 60.3 Å². The summed E-state index contributed by atoms with van der Waals surface area (Å²) >= 11 is 0. The first-order chi connectivity index (χ1) is 14.7. The molecule has 0 radical (unpaired) electrons. The van der Waals surface area contributed by atoms with Gasteiger partial charge in [0.2, 0.25) is 5.95 Å². The summed E-state index contributed by atoms with van der Waals surface area (Å²) in [5.74, 6) is 2.13. The van der Waals surface area contributed by atoms with E-state index in [0.29, 0.717) is 17.1 Å². The molecule has 5 rings (SSSR count). The lowest BCUT2D eigenvalue weighted by Crippen LogP contribution is -2.25. The Kier molecular flexibility index (Phi) is 4.44. The van der Waals surface area contributed by atoms with Crippen LogP contribution < -0.4 is 4.90 Å². The van der Waals surface area contributed by atoms with Crippen molar-refractivity contribution in [3.8, 4) is 28.8 Å². The lowest BCUT2D eigenvalue weighted by molar-refractivity contribution is 0.416. The highest BCUT2D eigenvalue weighted by Gasteiger charge is 2.32. The van der Waals surface area contributed by atoms with Gasteiger partial charge in [-0.2, -0.15) is 5.26 Å². The van der Waals surface area contributed by atoms with Crippen molar-refractivity contribution in [1.82, 2.24) is 29.9 Å². The van der Waals surface area contributed by atoms with E-state index in [0.717, 1.165) is 42.2 Å². The minimum Gasteiger partial charge on any atom is -0.356 e. The zero-order chi connectivity index (χ0) is 20.5. The highest BCUT2D eigenvalue weighted by Crippen LogP contribution is 2.37. The number of hydrogen-bond donors (Lipinski definition) is 0. The van der Waals surface area contributed by atoms with Crippen molar-refractivity contribution in [2.75, 3.05) is 11.4 Å². The predicted molar refractivity (Wildman–Crippen MR) is 108 cm³/mol. The second kappa shape index (κ2) is 7.40. The van der Waals surface area contributed by atoms with Gasteiger partial charge in [0.25, 0.3) is 0 Å². The van der Waals surface area contributed by atoms with Gasteiger partial charge < -0.3 is 9.42 Å². The Labute approximate surface area is 172 Å². The smallest absolute Gasteiger partial charge is 0.227 e. The maximum atomic E-state index is 9.13. The van der Waals surface area contributed by atoms with Crippen LogP contribution in [0.5, 0.6) is 0 Å². The van der Waals surface area contributed by atoms with Crippen molar-refractivity contribution in [1.29, 1.82) is 5.26 Å².